The SMILES string of the molecule is Nc1ccsc1C(=O)NC1CCC(O)CC1. The highest BCUT2D eigenvalue weighted by molar-refractivity contribution is 7.12. The molecule has 0 unspecified atom stereocenters. The fourth-order valence-corrected chi connectivity index (χ4v) is 2.70. The zero-order chi connectivity index (χ0) is 11.5. The van der Waals surface area contributed by atoms with Crippen LogP contribution in [-0.4, -0.2) is 23.2 Å². The maximum Gasteiger partial charge on any atom is 0.263 e. The Kier molecular flexibility index (Phi) is 3.46. The Balaban J connectivity index is 1.91. The van der Waals surface area contributed by atoms with Gasteiger partial charge in [-0.2, -0.15) is 0 Å². The van der Waals surface area contributed by atoms with Gasteiger partial charge in [0.1, 0.15) is 4.88 Å². The Bertz CT molecular complexity index is 370. The largest absolute Gasteiger partial charge is 0.397 e. The average molecular weight is 240 g/mol. The van der Waals surface area contributed by atoms with Gasteiger partial charge in [0, 0.05) is 6.04 Å². The van der Waals surface area contributed by atoms with Gasteiger partial charge in [-0.15, -0.1) is 11.3 Å². The lowest BCUT2D eigenvalue weighted by atomic mass is 9.93. The van der Waals surface area contributed by atoms with Crippen LogP contribution in [0, 0.1) is 0 Å². The summed E-state index contributed by atoms with van der Waals surface area (Å²) in [6.45, 7) is 0. The molecule has 2 rings (SSSR count). The smallest absolute Gasteiger partial charge is 0.263 e. The van der Waals surface area contributed by atoms with Gasteiger partial charge in [0.25, 0.3) is 5.91 Å². The Morgan fingerprint density at radius 2 is 2.12 bits per heavy atom. The van der Waals surface area contributed by atoms with Crippen LogP contribution in [0.2, 0.25) is 0 Å². The number of aliphatic hydroxyl groups is 1. The van der Waals surface area contributed by atoms with E-state index < -0.39 is 0 Å². The van der Waals surface area contributed by atoms with E-state index in [4.69, 9.17) is 5.73 Å². The molecule has 0 atom stereocenters. The van der Waals surface area contributed by atoms with Gasteiger partial charge in [0.15, 0.2) is 0 Å². The van der Waals surface area contributed by atoms with E-state index in [2.05, 4.69) is 5.32 Å². The Hall–Kier alpha value is -1.07. The monoisotopic (exact) mass is 240 g/mol. The van der Waals surface area contributed by atoms with E-state index in [9.17, 15) is 9.90 Å². The van der Waals surface area contributed by atoms with Crippen molar-refractivity contribution < 1.29 is 9.90 Å². The van der Waals surface area contributed by atoms with Crippen molar-refractivity contribution in [1.82, 2.24) is 5.32 Å². The average Bonchev–Trinajstić information content (AvgIpc) is 2.68. The molecule has 0 saturated heterocycles. The summed E-state index contributed by atoms with van der Waals surface area (Å²) < 4.78 is 0. The summed E-state index contributed by atoms with van der Waals surface area (Å²) in [6, 6.07) is 1.92. The summed E-state index contributed by atoms with van der Waals surface area (Å²) >= 11 is 1.36. The van der Waals surface area contributed by atoms with Crippen molar-refractivity contribution in [2.45, 2.75) is 37.8 Å². The van der Waals surface area contributed by atoms with Crippen molar-refractivity contribution in [2.24, 2.45) is 0 Å². The van der Waals surface area contributed by atoms with Crippen molar-refractivity contribution in [3.05, 3.63) is 16.3 Å². The number of rotatable bonds is 2. The van der Waals surface area contributed by atoms with Crippen molar-refractivity contribution in [1.29, 1.82) is 0 Å². The second-order valence-electron chi connectivity index (χ2n) is 4.18. The third-order valence-electron chi connectivity index (χ3n) is 2.93. The van der Waals surface area contributed by atoms with Gasteiger partial charge >= 0.3 is 0 Å². The van der Waals surface area contributed by atoms with Crippen LogP contribution in [0.4, 0.5) is 5.69 Å². The lowest BCUT2D eigenvalue weighted by Crippen LogP contribution is -2.38. The molecule has 1 aromatic heterocycles. The molecule has 1 aliphatic rings. The number of hydrogen-bond acceptors (Lipinski definition) is 4. The zero-order valence-electron chi connectivity index (χ0n) is 8.98. The summed E-state index contributed by atoms with van der Waals surface area (Å²) in [7, 11) is 0. The highest BCUT2D eigenvalue weighted by atomic mass is 32.1. The molecular weight excluding hydrogens is 224 g/mol. The normalized spacial score (nSPS) is 25.3. The molecule has 0 aromatic carbocycles. The first kappa shape index (κ1) is 11.4. The van der Waals surface area contributed by atoms with E-state index >= 15 is 0 Å². The van der Waals surface area contributed by atoms with Crippen molar-refractivity contribution >= 4 is 22.9 Å². The van der Waals surface area contributed by atoms with Crippen LogP contribution in [-0.2, 0) is 0 Å². The topological polar surface area (TPSA) is 75.4 Å². The molecule has 1 fully saturated rings. The molecule has 0 radical (unpaired) electrons. The van der Waals surface area contributed by atoms with Gasteiger partial charge in [0.05, 0.1) is 11.8 Å². The van der Waals surface area contributed by atoms with E-state index in [1.54, 1.807) is 6.07 Å². The first-order chi connectivity index (χ1) is 7.66. The number of nitrogens with two attached hydrogens (primary N) is 1. The minimum atomic E-state index is -0.194. The number of thiophene rings is 1. The summed E-state index contributed by atoms with van der Waals surface area (Å²) in [5.74, 6) is -0.0890. The molecule has 88 valence electrons. The van der Waals surface area contributed by atoms with E-state index in [0.717, 1.165) is 25.7 Å². The minimum Gasteiger partial charge on any atom is -0.397 e. The number of amides is 1. The number of carbonyl (C=O) groups excluding carboxylic acids is 1. The molecule has 1 saturated carbocycles. The quantitative estimate of drug-likeness (QED) is 0.730. The lowest BCUT2D eigenvalue weighted by Gasteiger charge is -2.26. The van der Waals surface area contributed by atoms with Gasteiger partial charge in [-0.3, -0.25) is 4.79 Å². The third kappa shape index (κ3) is 2.54. The zero-order valence-corrected chi connectivity index (χ0v) is 9.80. The van der Waals surface area contributed by atoms with E-state index in [1.807, 2.05) is 5.38 Å². The molecule has 4 nitrogen and oxygen atoms in total. The third-order valence-corrected chi connectivity index (χ3v) is 3.86. The number of nitrogens with one attached hydrogen (secondary N) is 1. The van der Waals surface area contributed by atoms with Crippen molar-refractivity contribution in [3.8, 4) is 0 Å². The molecule has 0 spiro atoms. The number of aliphatic hydroxyl groups excluding tert-OH is 1. The second kappa shape index (κ2) is 4.84. The summed E-state index contributed by atoms with van der Waals surface area (Å²) in [5, 5.41) is 14.1. The lowest BCUT2D eigenvalue weighted by molar-refractivity contribution is 0.0872. The van der Waals surface area contributed by atoms with Crippen LogP contribution in [0.1, 0.15) is 35.4 Å². The fourth-order valence-electron chi connectivity index (χ4n) is 1.97. The molecule has 0 bridgehead atoms. The fraction of sp³-hybridized carbons (Fsp3) is 0.545. The van der Waals surface area contributed by atoms with E-state index in [0.29, 0.717) is 10.6 Å². The Morgan fingerprint density at radius 3 is 2.69 bits per heavy atom. The van der Waals surface area contributed by atoms with E-state index in [-0.39, 0.29) is 18.1 Å². The number of carbonyl (C=O) groups is 1. The molecule has 4 N–H and O–H groups in total. The maximum absolute atomic E-state index is 11.8. The minimum absolute atomic E-state index is 0.0890. The van der Waals surface area contributed by atoms with Crippen LogP contribution in [0.5, 0.6) is 0 Å². The van der Waals surface area contributed by atoms with Gasteiger partial charge < -0.3 is 16.2 Å². The molecule has 1 aromatic rings. The standard InChI is InChI=1S/C11H16N2O2S/c12-9-5-6-16-10(9)11(15)13-7-1-3-8(14)4-2-7/h5-8,14H,1-4,12H2,(H,13,15). The van der Waals surface area contributed by atoms with Gasteiger partial charge in [0.2, 0.25) is 0 Å². The summed E-state index contributed by atoms with van der Waals surface area (Å²) in [5.41, 5.74) is 6.22. The summed E-state index contributed by atoms with van der Waals surface area (Å²) in [6.07, 6.45) is 3.03. The number of nitrogen functional groups attached to an aromatic ring is 1. The predicted octanol–water partition coefficient (Wildman–Crippen LogP) is 1.36. The highest BCUT2D eigenvalue weighted by Crippen LogP contribution is 2.21. The maximum atomic E-state index is 11.8. The van der Waals surface area contributed by atoms with Crippen LogP contribution < -0.4 is 11.1 Å². The van der Waals surface area contributed by atoms with Gasteiger partial charge in [-0.05, 0) is 37.1 Å². The van der Waals surface area contributed by atoms with Gasteiger partial charge in [-0.1, -0.05) is 0 Å². The van der Waals surface area contributed by atoms with Crippen LogP contribution in [0.25, 0.3) is 0 Å². The Morgan fingerprint density at radius 1 is 1.44 bits per heavy atom. The number of anilines is 1. The predicted molar refractivity (Wildman–Crippen MR) is 64.5 cm³/mol. The molecular formula is C11H16N2O2S. The van der Waals surface area contributed by atoms with Gasteiger partial charge in [-0.25, -0.2) is 0 Å². The van der Waals surface area contributed by atoms with Crippen LogP contribution >= 0.6 is 11.3 Å². The molecule has 0 aliphatic heterocycles. The first-order valence-electron chi connectivity index (χ1n) is 5.48. The van der Waals surface area contributed by atoms with Crippen molar-refractivity contribution in [2.75, 3.05) is 5.73 Å². The Labute approximate surface area is 98.5 Å². The molecule has 1 aliphatic carbocycles. The first-order valence-corrected chi connectivity index (χ1v) is 6.36. The van der Waals surface area contributed by atoms with Crippen LogP contribution in [0.3, 0.4) is 0 Å². The number of hydrogen-bond donors (Lipinski definition) is 3. The molecule has 1 amide bonds. The highest BCUT2D eigenvalue weighted by Gasteiger charge is 2.22. The molecule has 16 heavy (non-hydrogen) atoms. The molecule has 5 heteroatoms. The summed E-state index contributed by atoms with van der Waals surface area (Å²) in [4.78, 5) is 12.4. The van der Waals surface area contributed by atoms with Crippen molar-refractivity contribution in [3.63, 3.8) is 0 Å². The molecule has 1 heterocycles. The van der Waals surface area contributed by atoms with E-state index in [1.165, 1.54) is 11.3 Å². The van der Waals surface area contributed by atoms with Crippen LogP contribution in [0.15, 0.2) is 11.4 Å². The second-order valence-corrected chi connectivity index (χ2v) is 5.10.